The molecule has 4 fully saturated rings. The van der Waals surface area contributed by atoms with Crippen molar-refractivity contribution in [1.82, 2.24) is 10.6 Å². The summed E-state index contributed by atoms with van der Waals surface area (Å²) in [4.78, 5) is 8.00. The number of hydrogen-bond acceptors (Lipinski definition) is 5. The first-order valence-corrected chi connectivity index (χ1v) is 16.6. The molecule has 3 aliphatic carbocycles. The fraction of sp³-hybridized carbons (Fsp3) is 0.833. The van der Waals surface area contributed by atoms with Gasteiger partial charge in [0.2, 0.25) is 0 Å². The Morgan fingerprint density at radius 1 is 1.07 bits per heavy atom. The molecule has 1 heterocycles. The third-order valence-corrected chi connectivity index (χ3v) is 10.9. The van der Waals surface area contributed by atoms with E-state index in [0.29, 0.717) is 22.2 Å². The van der Waals surface area contributed by atoms with Gasteiger partial charge in [0.15, 0.2) is 0 Å². The molecule has 4 rings (SSSR count). The fourth-order valence-corrected chi connectivity index (χ4v) is 8.84. The van der Waals surface area contributed by atoms with Gasteiger partial charge in [-0.05, 0) is 119 Å². The van der Waals surface area contributed by atoms with E-state index in [0.717, 1.165) is 36.1 Å². The average molecular weight is 575 g/mol. The number of carbonyl (C=O) groups excluding carboxylic acids is 1. The van der Waals surface area contributed by atoms with Crippen molar-refractivity contribution in [2.75, 3.05) is 27.2 Å². The lowest BCUT2D eigenvalue weighted by molar-refractivity contribution is -0.0980. The molecule has 0 aromatic rings. The minimum Gasteiger partial charge on any atom is -0.333 e. The molecule has 240 valence electrons. The topological polar surface area (TPSA) is 91.0 Å². The van der Waals surface area contributed by atoms with E-state index < -0.39 is 0 Å². The molecule has 0 aromatic heterocycles. The number of allylic oxidation sites excluding steroid dienone is 3. The average Bonchev–Trinajstić information content (AvgIpc) is 3.51. The smallest absolute Gasteiger partial charge is 0.106 e. The molecule has 7 atom stereocenters. The van der Waals surface area contributed by atoms with Crippen LogP contribution in [0.1, 0.15) is 120 Å². The van der Waals surface area contributed by atoms with Crippen LogP contribution in [-0.2, 0) is 4.79 Å². The van der Waals surface area contributed by atoms with Crippen LogP contribution in [0.2, 0.25) is 0 Å². The molecule has 0 aromatic carbocycles. The van der Waals surface area contributed by atoms with E-state index in [-0.39, 0.29) is 0 Å². The number of rotatable bonds is 6. The third kappa shape index (κ3) is 10.1. The summed E-state index contributed by atoms with van der Waals surface area (Å²) >= 11 is 0. The van der Waals surface area contributed by atoms with Crippen LogP contribution in [0.25, 0.3) is 0 Å². The Hall–Kier alpha value is -1.30. The van der Waals surface area contributed by atoms with Crippen molar-refractivity contribution in [1.29, 1.82) is 5.41 Å². The van der Waals surface area contributed by atoms with Gasteiger partial charge in [0, 0.05) is 24.2 Å². The van der Waals surface area contributed by atoms with Gasteiger partial charge < -0.3 is 26.6 Å². The number of carbonyl (C=O) groups is 1. The molecule has 0 radical (unpaired) electrons. The molecular weight excluding hydrogens is 504 g/mol. The lowest BCUT2D eigenvalue weighted by atomic mass is 9.47. The third-order valence-electron chi connectivity index (χ3n) is 10.9. The van der Waals surface area contributed by atoms with E-state index >= 15 is 0 Å². The van der Waals surface area contributed by atoms with Gasteiger partial charge in [-0.1, -0.05) is 79.2 Å². The Labute approximate surface area is 255 Å². The maximum Gasteiger partial charge on any atom is 0.106 e. The van der Waals surface area contributed by atoms with Crippen LogP contribution in [0.3, 0.4) is 0 Å². The first kappa shape index (κ1) is 39.7. The van der Waals surface area contributed by atoms with E-state index in [4.69, 9.17) is 10.2 Å². The van der Waals surface area contributed by atoms with Gasteiger partial charge in [-0.3, -0.25) is 0 Å². The van der Waals surface area contributed by atoms with Crippen LogP contribution >= 0.6 is 0 Å². The number of hydrogen-bond donors (Lipinski definition) is 4. The first-order chi connectivity index (χ1) is 19.4. The summed E-state index contributed by atoms with van der Waals surface area (Å²) in [6.07, 6.45) is 17.5. The highest BCUT2D eigenvalue weighted by atomic mass is 16.1. The summed E-state index contributed by atoms with van der Waals surface area (Å²) in [7, 11) is 3.43. The summed E-state index contributed by atoms with van der Waals surface area (Å²) in [5.41, 5.74) is 8.45. The molecule has 3 saturated carbocycles. The van der Waals surface area contributed by atoms with Crippen molar-refractivity contribution >= 4 is 12.5 Å². The zero-order valence-electron chi connectivity index (χ0n) is 28.9. The highest BCUT2D eigenvalue weighted by Gasteiger charge is 2.58. The molecule has 5 nitrogen and oxygen atoms in total. The zero-order valence-corrected chi connectivity index (χ0v) is 28.9. The van der Waals surface area contributed by atoms with Crippen molar-refractivity contribution in [3.05, 3.63) is 24.3 Å². The number of fused-ring (bicyclic) bond motifs is 3. The van der Waals surface area contributed by atoms with Crippen molar-refractivity contribution in [3.8, 4) is 0 Å². The van der Waals surface area contributed by atoms with E-state index in [1.165, 1.54) is 77.8 Å². The van der Waals surface area contributed by atoms with Crippen LogP contribution in [0, 0.1) is 45.3 Å². The second-order valence-corrected chi connectivity index (χ2v) is 13.9. The van der Waals surface area contributed by atoms with Gasteiger partial charge in [-0.15, -0.1) is 0 Å². The molecule has 0 amide bonds. The van der Waals surface area contributed by atoms with Gasteiger partial charge >= 0.3 is 0 Å². The van der Waals surface area contributed by atoms with Crippen LogP contribution in [0.15, 0.2) is 24.3 Å². The predicted octanol–water partition coefficient (Wildman–Crippen LogP) is 8.20. The highest BCUT2D eigenvalue weighted by Crippen LogP contribution is 2.66. The minimum atomic E-state index is 0.380. The monoisotopic (exact) mass is 575 g/mol. The minimum absolute atomic E-state index is 0.380. The standard InChI is InChI=1S/C23H37N.C8H17N.C3H9N.CH5N.CH2O/c1-6-8-17-9-10-18-20-12-11-19(16(3)24)23(20,5)15-13-21(18)22(17,4)14-7-2;1-4-7-5-8(2,3)6-9-7;1-3-4-2;2*1-2/h6,8,18-21,24H,1,7,9-15H2,2-5H3;7,9H,4-6H2,1-3H3;4H,3H2,1-2H3;2H2,1H3;1H2/b17-8-,24-16?;;;;. The molecule has 41 heavy (non-hydrogen) atoms. The number of nitrogens with one attached hydrogen (secondary N) is 3. The molecule has 5 N–H and O–H groups in total. The van der Waals surface area contributed by atoms with Crippen LogP contribution in [0.5, 0.6) is 0 Å². The van der Waals surface area contributed by atoms with Crippen molar-refractivity contribution in [2.45, 2.75) is 126 Å². The van der Waals surface area contributed by atoms with Gasteiger partial charge in [-0.25, -0.2) is 0 Å². The van der Waals surface area contributed by atoms with E-state index in [9.17, 15) is 0 Å². The van der Waals surface area contributed by atoms with Crippen molar-refractivity contribution in [2.24, 2.45) is 45.7 Å². The quantitative estimate of drug-likeness (QED) is 0.241. The summed E-state index contributed by atoms with van der Waals surface area (Å²) in [6, 6.07) is 0.792. The van der Waals surface area contributed by atoms with Crippen LogP contribution in [-0.4, -0.2) is 45.7 Å². The lowest BCUT2D eigenvalue weighted by Crippen LogP contribution is -2.50. The molecule has 7 unspecified atom stereocenters. The summed E-state index contributed by atoms with van der Waals surface area (Å²) in [6.45, 7) is 26.7. The maximum absolute atomic E-state index is 8.28. The Kier molecular flexibility index (Phi) is 18.5. The van der Waals surface area contributed by atoms with Crippen LogP contribution in [0.4, 0.5) is 0 Å². The molecule has 1 aliphatic heterocycles. The summed E-state index contributed by atoms with van der Waals surface area (Å²) in [5, 5.41) is 14.7. The first-order valence-electron chi connectivity index (χ1n) is 16.6. The molecule has 0 bridgehead atoms. The Morgan fingerprint density at radius 3 is 2.10 bits per heavy atom. The van der Waals surface area contributed by atoms with E-state index in [1.54, 1.807) is 5.57 Å². The largest absolute Gasteiger partial charge is 0.333 e. The highest BCUT2D eigenvalue weighted by molar-refractivity contribution is 5.82. The van der Waals surface area contributed by atoms with Crippen LogP contribution < -0.4 is 16.4 Å². The zero-order chi connectivity index (χ0) is 31.9. The molecule has 0 spiro atoms. The Balaban J connectivity index is 0.000000777. The molecular formula is C36H70N4O. The van der Waals surface area contributed by atoms with Gasteiger partial charge in [0.25, 0.3) is 0 Å². The Bertz CT molecular complexity index is 790. The second-order valence-electron chi connectivity index (χ2n) is 13.9. The van der Waals surface area contributed by atoms with Gasteiger partial charge in [0.05, 0.1) is 0 Å². The maximum atomic E-state index is 8.28. The Morgan fingerprint density at radius 2 is 1.68 bits per heavy atom. The van der Waals surface area contributed by atoms with Gasteiger partial charge in [-0.2, -0.15) is 0 Å². The fourth-order valence-electron chi connectivity index (χ4n) is 8.84. The second kappa shape index (κ2) is 19.1. The normalized spacial score (nSPS) is 35.4. The predicted molar refractivity (Wildman–Crippen MR) is 182 cm³/mol. The van der Waals surface area contributed by atoms with Crippen molar-refractivity contribution in [3.63, 3.8) is 0 Å². The van der Waals surface area contributed by atoms with Gasteiger partial charge in [0.1, 0.15) is 6.79 Å². The summed E-state index contributed by atoms with van der Waals surface area (Å²) < 4.78 is 0. The van der Waals surface area contributed by atoms with E-state index in [2.05, 4.69) is 84.4 Å². The molecule has 5 heteroatoms. The molecule has 4 aliphatic rings. The van der Waals surface area contributed by atoms with Crippen molar-refractivity contribution < 1.29 is 4.79 Å². The summed E-state index contributed by atoms with van der Waals surface area (Å²) in [5.74, 6) is 3.13. The SMILES string of the molecule is C=C/C=C1/CCC2C(CCC3(C)C(C(C)=N)CCC23)C1(C)CCC.C=O.CCC1CC(C)(C)CN1.CCNC.CN. The lowest BCUT2D eigenvalue weighted by Gasteiger charge is -2.57. The van der Waals surface area contributed by atoms with E-state index in [1.807, 2.05) is 19.9 Å². The molecule has 1 saturated heterocycles. The number of nitrogens with two attached hydrogens (primary N) is 1.